The summed E-state index contributed by atoms with van der Waals surface area (Å²) in [6.07, 6.45) is 3.85. The Morgan fingerprint density at radius 2 is 2.40 bits per heavy atom. The molecule has 2 nitrogen and oxygen atoms in total. The molecule has 1 aromatic heterocycles. The Morgan fingerprint density at radius 1 is 1.67 bits per heavy atom. The number of rotatable bonds is 3. The van der Waals surface area contributed by atoms with Crippen molar-refractivity contribution in [3.05, 3.63) is 19.9 Å². The van der Waals surface area contributed by atoms with Gasteiger partial charge in [-0.05, 0) is 54.3 Å². The average Bonchev–Trinajstić information content (AvgIpc) is 2.48. The second-order valence-corrected chi connectivity index (χ2v) is 6.90. The Balaban J connectivity index is 1.91. The standard InChI is InChI=1S/C11H14INOS/c1-7(8-3-2-4-8)13-11(14)9-5-10(12)15-6-9/h5-8H,2-4H2,1H3,(H,13,14). The van der Waals surface area contributed by atoms with Crippen LogP contribution in [0.3, 0.4) is 0 Å². The summed E-state index contributed by atoms with van der Waals surface area (Å²) in [5, 5.41) is 5.00. The van der Waals surface area contributed by atoms with Crippen molar-refractivity contribution in [2.24, 2.45) is 5.92 Å². The summed E-state index contributed by atoms with van der Waals surface area (Å²) >= 11 is 3.85. The molecule has 1 aromatic rings. The lowest BCUT2D eigenvalue weighted by atomic mass is 9.80. The molecular weight excluding hydrogens is 321 g/mol. The van der Waals surface area contributed by atoms with E-state index in [-0.39, 0.29) is 5.91 Å². The summed E-state index contributed by atoms with van der Waals surface area (Å²) in [4.78, 5) is 11.8. The zero-order valence-electron chi connectivity index (χ0n) is 8.63. The third kappa shape index (κ3) is 2.72. The molecule has 1 atom stereocenters. The first-order chi connectivity index (χ1) is 7.16. The van der Waals surface area contributed by atoms with E-state index in [4.69, 9.17) is 0 Å². The summed E-state index contributed by atoms with van der Waals surface area (Å²) in [6.45, 7) is 2.11. The summed E-state index contributed by atoms with van der Waals surface area (Å²) in [7, 11) is 0. The second kappa shape index (κ2) is 4.82. The smallest absolute Gasteiger partial charge is 0.252 e. The number of carbonyl (C=O) groups is 1. The lowest BCUT2D eigenvalue weighted by molar-refractivity contribution is 0.0909. The quantitative estimate of drug-likeness (QED) is 0.844. The molecule has 0 saturated heterocycles. The van der Waals surface area contributed by atoms with Crippen molar-refractivity contribution in [2.75, 3.05) is 0 Å². The van der Waals surface area contributed by atoms with Crippen molar-refractivity contribution < 1.29 is 4.79 Å². The highest BCUT2D eigenvalue weighted by molar-refractivity contribution is 14.1. The average molecular weight is 335 g/mol. The van der Waals surface area contributed by atoms with Crippen molar-refractivity contribution in [2.45, 2.75) is 32.2 Å². The maximum Gasteiger partial charge on any atom is 0.252 e. The van der Waals surface area contributed by atoms with Gasteiger partial charge in [-0.1, -0.05) is 6.42 Å². The van der Waals surface area contributed by atoms with Gasteiger partial charge in [0.2, 0.25) is 0 Å². The number of carbonyl (C=O) groups excluding carboxylic acids is 1. The molecule has 4 heteroatoms. The van der Waals surface area contributed by atoms with Crippen molar-refractivity contribution in [1.29, 1.82) is 0 Å². The van der Waals surface area contributed by atoms with Gasteiger partial charge in [-0.3, -0.25) is 4.79 Å². The van der Waals surface area contributed by atoms with E-state index < -0.39 is 0 Å². The first-order valence-electron chi connectivity index (χ1n) is 5.21. The fourth-order valence-corrected chi connectivity index (χ4v) is 3.10. The Morgan fingerprint density at radius 3 is 2.87 bits per heavy atom. The zero-order chi connectivity index (χ0) is 10.8. The van der Waals surface area contributed by atoms with Crippen molar-refractivity contribution in [3.8, 4) is 0 Å². The van der Waals surface area contributed by atoms with Crippen molar-refractivity contribution in [1.82, 2.24) is 5.32 Å². The molecule has 2 rings (SSSR count). The van der Waals surface area contributed by atoms with Gasteiger partial charge in [0.15, 0.2) is 0 Å². The number of hydrogen-bond donors (Lipinski definition) is 1. The van der Waals surface area contributed by atoms with E-state index in [0.717, 1.165) is 8.45 Å². The van der Waals surface area contributed by atoms with Crippen LogP contribution in [0.2, 0.25) is 0 Å². The van der Waals surface area contributed by atoms with Gasteiger partial charge in [-0.2, -0.15) is 0 Å². The van der Waals surface area contributed by atoms with E-state index >= 15 is 0 Å². The Bertz CT molecular complexity index is 359. The van der Waals surface area contributed by atoms with Crippen LogP contribution >= 0.6 is 33.9 Å². The number of halogens is 1. The van der Waals surface area contributed by atoms with Gasteiger partial charge in [-0.15, -0.1) is 11.3 Å². The van der Waals surface area contributed by atoms with Gasteiger partial charge in [0.1, 0.15) is 0 Å². The van der Waals surface area contributed by atoms with E-state index in [1.807, 2.05) is 11.4 Å². The Hall–Kier alpha value is -0.100. The number of amides is 1. The van der Waals surface area contributed by atoms with E-state index in [1.54, 1.807) is 11.3 Å². The summed E-state index contributed by atoms with van der Waals surface area (Å²) in [5.74, 6) is 0.778. The molecule has 15 heavy (non-hydrogen) atoms. The van der Waals surface area contributed by atoms with Crippen LogP contribution in [0.15, 0.2) is 11.4 Å². The normalized spacial score (nSPS) is 18.3. The lowest BCUT2D eigenvalue weighted by Crippen LogP contribution is -2.40. The van der Waals surface area contributed by atoms with Gasteiger partial charge in [0.05, 0.1) is 8.45 Å². The summed E-state index contributed by atoms with van der Waals surface area (Å²) in [5.41, 5.74) is 0.801. The number of nitrogens with one attached hydrogen (secondary N) is 1. The minimum absolute atomic E-state index is 0.0774. The van der Waals surface area contributed by atoms with Crippen molar-refractivity contribution >= 4 is 39.8 Å². The maximum atomic E-state index is 11.8. The van der Waals surface area contributed by atoms with Gasteiger partial charge in [0.25, 0.3) is 5.91 Å². The molecule has 0 aromatic carbocycles. The van der Waals surface area contributed by atoms with Crippen LogP contribution in [0.25, 0.3) is 0 Å². The topological polar surface area (TPSA) is 29.1 Å². The fraction of sp³-hybridized carbons (Fsp3) is 0.545. The highest BCUT2D eigenvalue weighted by Crippen LogP contribution is 2.29. The largest absolute Gasteiger partial charge is 0.349 e. The molecule has 82 valence electrons. The van der Waals surface area contributed by atoms with Crippen LogP contribution < -0.4 is 5.32 Å². The Kier molecular flexibility index (Phi) is 3.66. The molecule has 0 spiro atoms. The summed E-state index contributed by atoms with van der Waals surface area (Å²) in [6, 6.07) is 2.26. The molecule has 0 aliphatic heterocycles. The first-order valence-corrected chi connectivity index (χ1v) is 7.17. The molecule has 0 bridgehead atoms. The molecule has 1 unspecified atom stereocenters. The van der Waals surface area contributed by atoms with Crippen LogP contribution in [0.4, 0.5) is 0 Å². The zero-order valence-corrected chi connectivity index (χ0v) is 11.6. The molecule has 1 aliphatic carbocycles. The van der Waals surface area contributed by atoms with E-state index in [2.05, 4.69) is 34.8 Å². The predicted octanol–water partition coefficient (Wildman–Crippen LogP) is 3.27. The summed E-state index contributed by atoms with van der Waals surface area (Å²) < 4.78 is 1.16. The van der Waals surface area contributed by atoms with Crippen LogP contribution in [0.5, 0.6) is 0 Å². The van der Waals surface area contributed by atoms with Gasteiger partial charge in [-0.25, -0.2) is 0 Å². The number of hydrogen-bond acceptors (Lipinski definition) is 2. The van der Waals surface area contributed by atoms with Crippen LogP contribution in [-0.2, 0) is 0 Å². The fourth-order valence-electron chi connectivity index (χ4n) is 1.78. The van der Waals surface area contributed by atoms with Crippen LogP contribution in [0.1, 0.15) is 36.5 Å². The lowest BCUT2D eigenvalue weighted by Gasteiger charge is -2.31. The molecule has 1 N–H and O–H groups in total. The molecular formula is C11H14INOS. The second-order valence-electron chi connectivity index (χ2n) is 4.09. The minimum Gasteiger partial charge on any atom is -0.349 e. The highest BCUT2D eigenvalue weighted by atomic mass is 127. The van der Waals surface area contributed by atoms with Crippen LogP contribution in [0, 0.1) is 8.80 Å². The molecule has 1 aliphatic rings. The highest BCUT2D eigenvalue weighted by Gasteiger charge is 2.25. The predicted molar refractivity (Wildman–Crippen MR) is 71.3 cm³/mol. The SMILES string of the molecule is CC(NC(=O)c1csc(I)c1)C1CCC1. The molecule has 1 heterocycles. The van der Waals surface area contributed by atoms with Gasteiger partial charge in [0, 0.05) is 11.4 Å². The van der Waals surface area contributed by atoms with Gasteiger partial charge >= 0.3 is 0 Å². The van der Waals surface area contributed by atoms with E-state index in [9.17, 15) is 4.79 Å². The Labute approximate surface area is 108 Å². The molecule has 1 fully saturated rings. The minimum atomic E-state index is 0.0774. The third-order valence-corrected chi connectivity index (χ3v) is 4.83. The molecule has 1 saturated carbocycles. The number of thiophene rings is 1. The van der Waals surface area contributed by atoms with E-state index in [0.29, 0.717) is 12.0 Å². The monoisotopic (exact) mass is 335 g/mol. The third-order valence-electron chi connectivity index (χ3n) is 3.05. The maximum absolute atomic E-state index is 11.8. The molecule has 1 amide bonds. The van der Waals surface area contributed by atoms with Gasteiger partial charge < -0.3 is 5.32 Å². The van der Waals surface area contributed by atoms with Crippen LogP contribution in [-0.4, -0.2) is 11.9 Å². The first kappa shape index (κ1) is 11.4. The van der Waals surface area contributed by atoms with Crippen molar-refractivity contribution in [3.63, 3.8) is 0 Å². The molecule has 0 radical (unpaired) electrons. The van der Waals surface area contributed by atoms with E-state index in [1.165, 1.54) is 19.3 Å².